The van der Waals surface area contributed by atoms with Crippen molar-refractivity contribution >= 4 is 23.1 Å². The third kappa shape index (κ3) is 0.620. The average Bonchev–Trinajstić information content (AvgIpc) is 1.98. The van der Waals surface area contributed by atoms with Gasteiger partial charge < -0.3 is 27.4 Å². The molecule has 0 aliphatic heterocycles. The molecular weight excluding hydrogens is 120 g/mol. The standard InChI is InChI=1S/C4H8N4O/c5-1-2(6)4(8)9-3(1)7/h5-8H2. The lowest BCUT2D eigenvalue weighted by Crippen LogP contribution is -1.95. The Kier molecular flexibility index (Phi) is 0.921. The lowest BCUT2D eigenvalue weighted by atomic mass is 10.4. The summed E-state index contributed by atoms with van der Waals surface area (Å²) in [5.41, 5.74) is 21.4. The first-order chi connectivity index (χ1) is 4.13. The topological polar surface area (TPSA) is 117 Å². The Hall–Kier alpha value is -1.52. The summed E-state index contributed by atoms with van der Waals surface area (Å²) in [5, 5.41) is 0. The Morgan fingerprint density at radius 1 is 0.778 bits per heavy atom. The van der Waals surface area contributed by atoms with Crippen molar-refractivity contribution in [3.05, 3.63) is 0 Å². The zero-order chi connectivity index (χ0) is 7.02. The summed E-state index contributed by atoms with van der Waals surface area (Å²) < 4.78 is 4.65. The highest BCUT2D eigenvalue weighted by Crippen LogP contribution is 2.31. The Labute approximate surface area is 51.6 Å². The molecule has 5 nitrogen and oxygen atoms in total. The smallest absolute Gasteiger partial charge is 0.218 e. The van der Waals surface area contributed by atoms with Gasteiger partial charge in [0.25, 0.3) is 0 Å². The second kappa shape index (κ2) is 1.48. The molecule has 0 bridgehead atoms. The fourth-order valence-corrected chi connectivity index (χ4v) is 0.494. The van der Waals surface area contributed by atoms with Crippen molar-refractivity contribution in [3.8, 4) is 0 Å². The van der Waals surface area contributed by atoms with Crippen LogP contribution in [0.1, 0.15) is 0 Å². The van der Waals surface area contributed by atoms with E-state index in [0.717, 1.165) is 0 Å². The summed E-state index contributed by atoms with van der Waals surface area (Å²) in [6, 6.07) is 0. The molecule has 0 saturated heterocycles. The van der Waals surface area contributed by atoms with Crippen LogP contribution in [-0.4, -0.2) is 0 Å². The SMILES string of the molecule is Nc1oc(N)c(N)c1N. The molecule has 0 fully saturated rings. The Morgan fingerprint density at radius 3 is 1.22 bits per heavy atom. The fourth-order valence-electron chi connectivity index (χ4n) is 0.494. The number of rotatable bonds is 0. The predicted octanol–water partition coefficient (Wildman–Crippen LogP) is -0.392. The van der Waals surface area contributed by atoms with E-state index in [1.54, 1.807) is 0 Å². The molecule has 0 atom stereocenters. The van der Waals surface area contributed by atoms with Crippen LogP contribution in [0.3, 0.4) is 0 Å². The maximum absolute atomic E-state index is 5.28. The zero-order valence-electron chi connectivity index (χ0n) is 4.72. The van der Waals surface area contributed by atoms with Crippen molar-refractivity contribution in [2.75, 3.05) is 22.9 Å². The van der Waals surface area contributed by atoms with Gasteiger partial charge in [0.05, 0.1) is 0 Å². The van der Waals surface area contributed by atoms with E-state index < -0.39 is 0 Å². The van der Waals surface area contributed by atoms with Crippen molar-refractivity contribution in [2.24, 2.45) is 0 Å². The van der Waals surface area contributed by atoms with Crippen LogP contribution in [0.2, 0.25) is 0 Å². The molecular formula is C4H8N4O. The van der Waals surface area contributed by atoms with Gasteiger partial charge in [-0.05, 0) is 0 Å². The molecule has 1 aromatic heterocycles. The molecule has 9 heavy (non-hydrogen) atoms. The molecule has 50 valence electrons. The van der Waals surface area contributed by atoms with E-state index in [2.05, 4.69) is 4.42 Å². The predicted molar refractivity (Wildman–Crippen MR) is 36.4 cm³/mol. The summed E-state index contributed by atoms with van der Waals surface area (Å²) in [6.07, 6.45) is 0. The van der Waals surface area contributed by atoms with E-state index in [4.69, 9.17) is 22.9 Å². The molecule has 0 aliphatic carbocycles. The van der Waals surface area contributed by atoms with Gasteiger partial charge in [-0.25, -0.2) is 0 Å². The molecule has 8 N–H and O–H groups in total. The molecule has 0 aromatic carbocycles. The second-order valence-corrected chi connectivity index (χ2v) is 1.66. The quantitative estimate of drug-likeness (QED) is 0.379. The molecule has 0 saturated carbocycles. The Balaban J connectivity index is 3.29. The first-order valence-electron chi connectivity index (χ1n) is 2.31. The summed E-state index contributed by atoms with van der Waals surface area (Å²) >= 11 is 0. The van der Waals surface area contributed by atoms with Crippen molar-refractivity contribution in [1.82, 2.24) is 0 Å². The zero-order valence-corrected chi connectivity index (χ0v) is 4.72. The number of anilines is 4. The van der Waals surface area contributed by atoms with E-state index in [-0.39, 0.29) is 23.1 Å². The molecule has 0 aliphatic rings. The average molecular weight is 128 g/mol. The number of hydrogen-bond donors (Lipinski definition) is 4. The minimum absolute atomic E-state index is 0.0741. The second-order valence-electron chi connectivity index (χ2n) is 1.66. The number of nitrogens with two attached hydrogens (primary N) is 4. The van der Waals surface area contributed by atoms with Crippen LogP contribution in [-0.2, 0) is 0 Å². The van der Waals surface area contributed by atoms with Gasteiger partial charge in [-0.1, -0.05) is 0 Å². The maximum Gasteiger partial charge on any atom is 0.218 e. The molecule has 1 aromatic rings. The minimum Gasteiger partial charge on any atom is -0.421 e. The first-order valence-corrected chi connectivity index (χ1v) is 2.31. The van der Waals surface area contributed by atoms with Crippen LogP contribution in [0, 0.1) is 0 Å². The van der Waals surface area contributed by atoms with Gasteiger partial charge in [0.2, 0.25) is 11.8 Å². The van der Waals surface area contributed by atoms with Gasteiger partial charge in [-0.15, -0.1) is 0 Å². The molecule has 1 rings (SSSR count). The van der Waals surface area contributed by atoms with Crippen LogP contribution < -0.4 is 22.9 Å². The van der Waals surface area contributed by atoms with E-state index in [9.17, 15) is 0 Å². The van der Waals surface area contributed by atoms with Crippen molar-refractivity contribution in [2.45, 2.75) is 0 Å². The third-order valence-electron chi connectivity index (χ3n) is 1.04. The lowest BCUT2D eigenvalue weighted by Gasteiger charge is -1.85. The lowest BCUT2D eigenvalue weighted by molar-refractivity contribution is 0.610. The highest BCUT2D eigenvalue weighted by atomic mass is 16.4. The van der Waals surface area contributed by atoms with Crippen LogP contribution in [0.4, 0.5) is 23.1 Å². The summed E-state index contributed by atoms with van der Waals surface area (Å²) in [5.74, 6) is 0.148. The van der Waals surface area contributed by atoms with E-state index in [1.165, 1.54) is 0 Å². The number of furan rings is 1. The number of hydrogen-bond acceptors (Lipinski definition) is 5. The summed E-state index contributed by atoms with van der Waals surface area (Å²) in [4.78, 5) is 0. The van der Waals surface area contributed by atoms with Crippen LogP contribution in [0.15, 0.2) is 4.42 Å². The van der Waals surface area contributed by atoms with Crippen LogP contribution in [0.5, 0.6) is 0 Å². The molecule has 5 heteroatoms. The monoisotopic (exact) mass is 128 g/mol. The highest BCUT2D eigenvalue weighted by molar-refractivity contribution is 5.81. The minimum atomic E-state index is 0.0741. The van der Waals surface area contributed by atoms with Crippen LogP contribution >= 0.6 is 0 Å². The Morgan fingerprint density at radius 2 is 1.11 bits per heavy atom. The van der Waals surface area contributed by atoms with Gasteiger partial charge >= 0.3 is 0 Å². The van der Waals surface area contributed by atoms with Gasteiger partial charge in [0.1, 0.15) is 11.4 Å². The van der Waals surface area contributed by atoms with Gasteiger partial charge in [0.15, 0.2) is 0 Å². The normalized spacial score (nSPS) is 9.78. The van der Waals surface area contributed by atoms with Crippen molar-refractivity contribution < 1.29 is 4.42 Å². The molecule has 0 radical (unpaired) electrons. The largest absolute Gasteiger partial charge is 0.421 e. The third-order valence-corrected chi connectivity index (χ3v) is 1.04. The Bertz CT molecular complexity index is 206. The van der Waals surface area contributed by atoms with E-state index in [0.29, 0.717) is 0 Å². The van der Waals surface area contributed by atoms with Gasteiger partial charge in [-0.3, -0.25) is 0 Å². The summed E-state index contributed by atoms with van der Waals surface area (Å²) in [7, 11) is 0. The molecule has 1 heterocycles. The number of nitrogen functional groups attached to an aromatic ring is 4. The summed E-state index contributed by atoms with van der Waals surface area (Å²) in [6.45, 7) is 0. The molecule has 0 amide bonds. The van der Waals surface area contributed by atoms with Gasteiger partial charge in [-0.2, -0.15) is 0 Å². The van der Waals surface area contributed by atoms with E-state index >= 15 is 0 Å². The van der Waals surface area contributed by atoms with E-state index in [1.807, 2.05) is 0 Å². The fraction of sp³-hybridized carbons (Fsp3) is 0. The van der Waals surface area contributed by atoms with Crippen molar-refractivity contribution in [1.29, 1.82) is 0 Å². The van der Waals surface area contributed by atoms with Gasteiger partial charge in [0, 0.05) is 0 Å². The maximum atomic E-state index is 5.28. The van der Waals surface area contributed by atoms with Crippen LogP contribution in [0.25, 0.3) is 0 Å². The van der Waals surface area contributed by atoms with Crippen molar-refractivity contribution in [3.63, 3.8) is 0 Å². The highest BCUT2D eigenvalue weighted by Gasteiger charge is 2.08. The molecule has 0 unspecified atom stereocenters. The molecule has 0 spiro atoms. The first kappa shape index (κ1) is 5.61.